The second-order valence-corrected chi connectivity index (χ2v) is 13.7. The minimum absolute atomic E-state index is 0.227. The number of amides is 2. The number of pyridine rings is 1. The summed E-state index contributed by atoms with van der Waals surface area (Å²) in [5.41, 5.74) is 3.12. The van der Waals surface area contributed by atoms with E-state index < -0.39 is 17.3 Å². The van der Waals surface area contributed by atoms with Crippen molar-refractivity contribution < 1.29 is 23.8 Å². The lowest BCUT2D eigenvalue weighted by Gasteiger charge is -2.39. The first-order valence-corrected chi connectivity index (χ1v) is 15.4. The molecule has 45 heavy (non-hydrogen) atoms. The van der Waals surface area contributed by atoms with Gasteiger partial charge in [0.1, 0.15) is 23.1 Å². The molecule has 1 aliphatic carbocycles. The van der Waals surface area contributed by atoms with E-state index in [4.69, 9.17) is 19.2 Å². The molecule has 0 N–H and O–H groups in total. The summed E-state index contributed by atoms with van der Waals surface area (Å²) in [5, 5.41) is 4.67. The van der Waals surface area contributed by atoms with Gasteiger partial charge < -0.3 is 19.1 Å². The highest BCUT2D eigenvalue weighted by Crippen LogP contribution is 2.42. The fourth-order valence-electron chi connectivity index (χ4n) is 5.09. The summed E-state index contributed by atoms with van der Waals surface area (Å²) in [4.78, 5) is 38.7. The summed E-state index contributed by atoms with van der Waals surface area (Å²) < 4.78 is 19.4. The monoisotopic (exact) mass is 612 g/mol. The van der Waals surface area contributed by atoms with Crippen LogP contribution in [0.1, 0.15) is 71.4 Å². The summed E-state index contributed by atoms with van der Waals surface area (Å²) in [5.74, 6) is 1.21. The van der Waals surface area contributed by atoms with E-state index in [1.807, 2.05) is 90.2 Å². The zero-order valence-electron chi connectivity index (χ0n) is 26.7. The molecule has 0 spiro atoms. The molecule has 2 amide bonds. The lowest BCUT2D eigenvalue weighted by molar-refractivity contribution is -0.0232. The van der Waals surface area contributed by atoms with Crippen LogP contribution in [0.15, 0.2) is 60.9 Å². The van der Waals surface area contributed by atoms with Crippen LogP contribution in [0.5, 0.6) is 5.88 Å². The minimum Gasteiger partial charge on any atom is -0.470 e. The smallest absolute Gasteiger partial charge is 0.416 e. The normalized spacial score (nSPS) is 15.5. The molecule has 4 heterocycles. The third-order valence-corrected chi connectivity index (χ3v) is 7.41. The van der Waals surface area contributed by atoms with Crippen molar-refractivity contribution in [3.63, 3.8) is 0 Å². The maximum atomic E-state index is 13.8. The fraction of sp³-hybridized carbons (Fsp3) is 0.441. The van der Waals surface area contributed by atoms with E-state index in [2.05, 4.69) is 10.1 Å². The number of aromatic nitrogens is 4. The molecule has 1 aliphatic heterocycles. The highest BCUT2D eigenvalue weighted by molar-refractivity contribution is 5.87. The van der Waals surface area contributed by atoms with Crippen molar-refractivity contribution in [2.45, 2.75) is 84.2 Å². The first kappa shape index (κ1) is 30.4. The Morgan fingerprint density at radius 1 is 0.956 bits per heavy atom. The molecule has 1 aromatic carbocycles. The van der Waals surface area contributed by atoms with Crippen molar-refractivity contribution >= 4 is 23.7 Å². The molecule has 236 valence electrons. The van der Waals surface area contributed by atoms with Gasteiger partial charge in [-0.25, -0.2) is 9.59 Å². The van der Waals surface area contributed by atoms with Crippen molar-refractivity contribution in [3.05, 3.63) is 72.1 Å². The van der Waals surface area contributed by atoms with Gasteiger partial charge in [0, 0.05) is 23.4 Å². The maximum Gasteiger partial charge on any atom is 0.416 e. The fourth-order valence-corrected chi connectivity index (χ4v) is 5.09. The number of carbonyl (C=O) groups excluding carboxylic acids is 2. The number of hydrogen-bond donors (Lipinski definition) is 0. The number of hydrogen-bond acceptors (Lipinski definition) is 8. The zero-order chi connectivity index (χ0) is 31.9. The molecule has 6 rings (SSSR count). The molecular weight excluding hydrogens is 572 g/mol. The van der Waals surface area contributed by atoms with Crippen molar-refractivity contribution in [1.82, 2.24) is 24.5 Å². The average molecular weight is 613 g/mol. The van der Waals surface area contributed by atoms with Crippen LogP contribution >= 0.6 is 0 Å². The molecular formula is C34H40N6O5. The van der Waals surface area contributed by atoms with Gasteiger partial charge in [-0.05, 0) is 78.0 Å². The Balaban J connectivity index is 1.31. The van der Waals surface area contributed by atoms with E-state index in [0.29, 0.717) is 36.4 Å². The number of ether oxygens (including phenoxy) is 3. The maximum absolute atomic E-state index is 13.8. The van der Waals surface area contributed by atoms with E-state index >= 15 is 0 Å². The van der Waals surface area contributed by atoms with Crippen LogP contribution in [0.25, 0.3) is 16.9 Å². The molecule has 3 aromatic heterocycles. The molecule has 1 saturated carbocycles. The van der Waals surface area contributed by atoms with Crippen molar-refractivity contribution in [2.24, 2.45) is 0 Å². The van der Waals surface area contributed by atoms with Gasteiger partial charge in [0.25, 0.3) is 0 Å². The van der Waals surface area contributed by atoms with Gasteiger partial charge in [-0.1, -0.05) is 30.3 Å². The Hall–Kier alpha value is -4.67. The lowest BCUT2D eigenvalue weighted by Crippen LogP contribution is -2.57. The van der Waals surface area contributed by atoms with Crippen molar-refractivity contribution in [1.29, 1.82) is 0 Å². The topological polar surface area (TPSA) is 111 Å². The molecule has 11 heteroatoms. The standard InChI is InChI=1S/C34H40N6O5/c1-33(2,3)44-31(41)38-20-25(21-38)43-28-17-29(40-30(37-28)26(18-36-40)23-14-15-23)39(32(42)45-34(4,5)6)19-22-10-12-24(13-11-22)27-9-7-8-16-35-27/h7-13,16-18,23,25H,14-15,19-21H2,1-6H3. The highest BCUT2D eigenvalue weighted by atomic mass is 16.6. The molecule has 11 nitrogen and oxygen atoms in total. The van der Waals surface area contributed by atoms with Crippen molar-refractivity contribution in [2.75, 3.05) is 18.0 Å². The number of carbonyl (C=O) groups is 2. The number of fused-ring (bicyclic) bond motifs is 1. The predicted molar refractivity (Wildman–Crippen MR) is 169 cm³/mol. The van der Waals surface area contributed by atoms with Crippen LogP contribution in [0, 0.1) is 0 Å². The number of rotatable bonds is 7. The Kier molecular flexibility index (Phi) is 7.88. The first-order chi connectivity index (χ1) is 21.3. The molecule has 0 bridgehead atoms. The van der Waals surface area contributed by atoms with E-state index in [1.54, 1.807) is 26.6 Å². The Labute approximate surface area is 263 Å². The third kappa shape index (κ3) is 7.19. The lowest BCUT2D eigenvalue weighted by atomic mass is 10.1. The van der Waals surface area contributed by atoms with Crippen LogP contribution in [-0.4, -0.2) is 67.1 Å². The van der Waals surface area contributed by atoms with E-state index in [-0.39, 0.29) is 18.7 Å². The van der Waals surface area contributed by atoms with E-state index in [1.165, 1.54) is 0 Å². The molecule has 1 saturated heterocycles. The summed E-state index contributed by atoms with van der Waals surface area (Å²) in [6, 6.07) is 15.5. The van der Waals surface area contributed by atoms with Crippen LogP contribution < -0.4 is 9.64 Å². The zero-order valence-corrected chi connectivity index (χ0v) is 26.7. The van der Waals surface area contributed by atoms with Gasteiger partial charge in [0.15, 0.2) is 5.65 Å². The van der Waals surface area contributed by atoms with Crippen molar-refractivity contribution in [3.8, 4) is 17.1 Å². The van der Waals surface area contributed by atoms with Gasteiger partial charge >= 0.3 is 12.2 Å². The Bertz CT molecular complexity index is 1680. The number of benzene rings is 1. The van der Waals surface area contributed by atoms with Gasteiger partial charge in [-0.2, -0.15) is 14.6 Å². The first-order valence-electron chi connectivity index (χ1n) is 15.4. The highest BCUT2D eigenvalue weighted by Gasteiger charge is 2.37. The molecule has 2 fully saturated rings. The molecule has 0 radical (unpaired) electrons. The van der Waals surface area contributed by atoms with Gasteiger partial charge in [-0.15, -0.1) is 0 Å². The largest absolute Gasteiger partial charge is 0.470 e. The average Bonchev–Trinajstić information content (AvgIpc) is 3.70. The van der Waals surface area contributed by atoms with Crippen LogP contribution in [0.3, 0.4) is 0 Å². The SMILES string of the molecule is CC(C)(C)OC(=O)N1CC(Oc2cc(N(Cc3ccc(-c4ccccn4)cc3)C(=O)OC(C)(C)C)n3ncc(C4CC4)c3n2)C1. The molecule has 4 aromatic rings. The van der Waals surface area contributed by atoms with Crippen LogP contribution in [-0.2, 0) is 16.0 Å². The number of likely N-dealkylation sites (tertiary alicyclic amines) is 1. The van der Waals surface area contributed by atoms with E-state index in [0.717, 1.165) is 35.2 Å². The number of nitrogens with zero attached hydrogens (tertiary/aromatic N) is 6. The predicted octanol–water partition coefficient (Wildman–Crippen LogP) is 6.61. The van der Waals surface area contributed by atoms with Gasteiger partial charge in [0.05, 0.1) is 31.5 Å². The second kappa shape index (κ2) is 11.7. The van der Waals surface area contributed by atoms with Crippen LogP contribution in [0.2, 0.25) is 0 Å². The summed E-state index contributed by atoms with van der Waals surface area (Å²) in [6.45, 7) is 12.0. The summed E-state index contributed by atoms with van der Waals surface area (Å²) >= 11 is 0. The Morgan fingerprint density at radius 3 is 2.29 bits per heavy atom. The summed E-state index contributed by atoms with van der Waals surface area (Å²) in [7, 11) is 0. The minimum atomic E-state index is -0.718. The second-order valence-electron chi connectivity index (χ2n) is 13.7. The third-order valence-electron chi connectivity index (χ3n) is 7.41. The Morgan fingerprint density at radius 2 is 1.67 bits per heavy atom. The van der Waals surface area contributed by atoms with Crippen LogP contribution in [0.4, 0.5) is 15.4 Å². The van der Waals surface area contributed by atoms with E-state index in [9.17, 15) is 9.59 Å². The summed E-state index contributed by atoms with van der Waals surface area (Å²) in [6.07, 6.45) is 4.57. The molecule has 0 unspecified atom stereocenters. The van der Waals surface area contributed by atoms with Gasteiger partial charge in [0.2, 0.25) is 5.88 Å². The number of anilines is 1. The molecule has 2 aliphatic rings. The molecule has 0 atom stereocenters. The van der Waals surface area contributed by atoms with Gasteiger partial charge in [-0.3, -0.25) is 9.88 Å². The quantitative estimate of drug-likeness (QED) is 0.229.